The number of carbonyl (C=O) groups is 3. The summed E-state index contributed by atoms with van der Waals surface area (Å²) >= 11 is 0. The molecule has 1 N–H and O–H groups in total. The molecule has 0 saturated carbocycles. The summed E-state index contributed by atoms with van der Waals surface area (Å²) in [5.74, 6) is -1.55. The van der Waals surface area contributed by atoms with E-state index in [1.165, 1.54) is 6.92 Å². The maximum Gasteiger partial charge on any atom is 0.313 e. The maximum absolute atomic E-state index is 13.1. The third-order valence-electron chi connectivity index (χ3n) is 5.67. The van der Waals surface area contributed by atoms with Gasteiger partial charge in [-0.05, 0) is 19.1 Å². The Bertz CT molecular complexity index is 936. The van der Waals surface area contributed by atoms with Crippen LogP contribution in [0.2, 0.25) is 0 Å². The SMILES string of the molecule is CC(=O)N1C[C@H]2CN(C(=O)c3c(C)nc4ccccn34)C[C@@]2(C(=O)O)C1. The number of pyridine rings is 1. The van der Waals surface area contributed by atoms with Crippen molar-refractivity contribution in [3.05, 3.63) is 35.8 Å². The number of imidazole rings is 1. The summed E-state index contributed by atoms with van der Waals surface area (Å²) < 4.78 is 1.74. The fourth-order valence-corrected chi connectivity index (χ4v) is 4.28. The molecule has 2 fully saturated rings. The van der Waals surface area contributed by atoms with Gasteiger partial charge in [-0.3, -0.25) is 18.8 Å². The van der Waals surface area contributed by atoms with Gasteiger partial charge in [-0.15, -0.1) is 0 Å². The number of hydrogen-bond donors (Lipinski definition) is 1. The lowest BCUT2D eigenvalue weighted by Gasteiger charge is -2.25. The first-order valence-corrected chi connectivity index (χ1v) is 8.55. The summed E-state index contributed by atoms with van der Waals surface area (Å²) in [7, 11) is 0. The number of nitrogens with zero attached hydrogens (tertiary/aromatic N) is 4. The normalized spacial score (nSPS) is 24.9. The molecule has 0 aliphatic carbocycles. The second-order valence-electron chi connectivity index (χ2n) is 7.22. The average Bonchev–Trinajstić information content (AvgIpc) is 3.21. The van der Waals surface area contributed by atoms with E-state index in [1.807, 2.05) is 18.2 Å². The van der Waals surface area contributed by atoms with Gasteiger partial charge in [0, 0.05) is 45.2 Å². The molecule has 2 aromatic rings. The second kappa shape index (κ2) is 5.55. The largest absolute Gasteiger partial charge is 0.481 e. The molecule has 0 spiro atoms. The molecule has 2 aliphatic heterocycles. The van der Waals surface area contributed by atoms with Gasteiger partial charge in [0.1, 0.15) is 16.8 Å². The Morgan fingerprint density at radius 3 is 2.54 bits per heavy atom. The molecule has 0 aromatic carbocycles. The Labute approximate surface area is 150 Å². The van der Waals surface area contributed by atoms with E-state index < -0.39 is 11.4 Å². The van der Waals surface area contributed by atoms with Gasteiger partial charge < -0.3 is 14.9 Å². The Balaban J connectivity index is 1.66. The van der Waals surface area contributed by atoms with Crippen molar-refractivity contribution in [1.29, 1.82) is 0 Å². The lowest BCUT2D eigenvalue weighted by Crippen LogP contribution is -2.43. The van der Waals surface area contributed by atoms with Crippen molar-refractivity contribution in [3.8, 4) is 0 Å². The minimum absolute atomic E-state index is 0.106. The number of fused-ring (bicyclic) bond motifs is 2. The van der Waals surface area contributed by atoms with E-state index in [2.05, 4.69) is 4.98 Å². The van der Waals surface area contributed by atoms with Gasteiger partial charge in [-0.1, -0.05) is 6.07 Å². The highest BCUT2D eigenvalue weighted by Gasteiger charge is 2.59. The van der Waals surface area contributed by atoms with E-state index in [4.69, 9.17) is 0 Å². The van der Waals surface area contributed by atoms with Gasteiger partial charge in [-0.25, -0.2) is 4.98 Å². The van der Waals surface area contributed by atoms with Crippen LogP contribution < -0.4 is 0 Å². The highest BCUT2D eigenvalue weighted by molar-refractivity contribution is 5.96. The number of aryl methyl sites for hydroxylation is 1. The summed E-state index contributed by atoms with van der Waals surface area (Å²) in [5, 5.41) is 9.84. The quantitative estimate of drug-likeness (QED) is 0.852. The van der Waals surface area contributed by atoms with E-state index in [1.54, 1.807) is 27.3 Å². The highest BCUT2D eigenvalue weighted by Crippen LogP contribution is 2.43. The van der Waals surface area contributed by atoms with Crippen LogP contribution in [0.4, 0.5) is 0 Å². The molecular weight excluding hydrogens is 336 g/mol. The summed E-state index contributed by atoms with van der Waals surface area (Å²) in [6.07, 6.45) is 1.78. The first-order valence-electron chi connectivity index (χ1n) is 8.55. The number of rotatable bonds is 2. The van der Waals surface area contributed by atoms with Crippen LogP contribution in [0.25, 0.3) is 5.65 Å². The number of amides is 2. The molecule has 0 radical (unpaired) electrons. The van der Waals surface area contributed by atoms with Crippen LogP contribution >= 0.6 is 0 Å². The van der Waals surface area contributed by atoms with Crippen LogP contribution in [0.3, 0.4) is 0 Å². The number of aromatic nitrogens is 2. The monoisotopic (exact) mass is 356 g/mol. The zero-order chi connectivity index (χ0) is 18.6. The van der Waals surface area contributed by atoms with Gasteiger partial charge >= 0.3 is 5.97 Å². The minimum atomic E-state index is -1.09. The first kappa shape index (κ1) is 16.6. The summed E-state index contributed by atoms with van der Waals surface area (Å²) in [4.78, 5) is 44.4. The van der Waals surface area contributed by atoms with Gasteiger partial charge in [0.15, 0.2) is 0 Å². The van der Waals surface area contributed by atoms with Crippen LogP contribution in [0, 0.1) is 18.3 Å². The zero-order valence-electron chi connectivity index (χ0n) is 14.7. The van der Waals surface area contributed by atoms with Crippen LogP contribution in [0.15, 0.2) is 24.4 Å². The summed E-state index contributed by atoms with van der Waals surface area (Å²) in [5.41, 5.74) is 0.677. The molecule has 2 amide bonds. The van der Waals surface area contributed by atoms with Crippen molar-refractivity contribution in [3.63, 3.8) is 0 Å². The first-order chi connectivity index (χ1) is 12.3. The van der Waals surface area contributed by atoms with Crippen molar-refractivity contribution >= 4 is 23.4 Å². The average molecular weight is 356 g/mol. The van der Waals surface area contributed by atoms with Gasteiger partial charge in [-0.2, -0.15) is 0 Å². The lowest BCUT2D eigenvalue weighted by atomic mass is 9.81. The predicted octanol–water partition coefficient (Wildman–Crippen LogP) is 0.648. The fraction of sp³-hybridized carbons (Fsp3) is 0.444. The molecule has 8 heteroatoms. The molecule has 2 aliphatic rings. The molecule has 2 atom stereocenters. The molecule has 2 aromatic heterocycles. The second-order valence-corrected chi connectivity index (χ2v) is 7.22. The third kappa shape index (κ3) is 2.21. The van der Waals surface area contributed by atoms with Crippen LogP contribution in [0.5, 0.6) is 0 Å². The van der Waals surface area contributed by atoms with Crippen molar-refractivity contribution in [2.75, 3.05) is 26.2 Å². The van der Waals surface area contributed by atoms with Crippen LogP contribution in [0.1, 0.15) is 23.1 Å². The predicted molar refractivity (Wildman–Crippen MR) is 91.6 cm³/mol. The molecule has 4 heterocycles. The van der Waals surface area contributed by atoms with Gasteiger partial charge in [0.2, 0.25) is 5.91 Å². The minimum Gasteiger partial charge on any atom is -0.481 e. The number of hydrogen-bond acceptors (Lipinski definition) is 4. The summed E-state index contributed by atoms with van der Waals surface area (Å²) in [6.45, 7) is 4.18. The van der Waals surface area contributed by atoms with Gasteiger partial charge in [0.05, 0.1) is 5.69 Å². The Morgan fingerprint density at radius 2 is 1.88 bits per heavy atom. The topological polar surface area (TPSA) is 95.2 Å². The molecule has 136 valence electrons. The van der Waals surface area contributed by atoms with E-state index in [0.29, 0.717) is 30.1 Å². The smallest absolute Gasteiger partial charge is 0.313 e. The Morgan fingerprint density at radius 1 is 1.19 bits per heavy atom. The van der Waals surface area contributed by atoms with E-state index in [0.717, 1.165) is 0 Å². The van der Waals surface area contributed by atoms with E-state index in [-0.39, 0.29) is 30.8 Å². The number of carboxylic acids is 1. The lowest BCUT2D eigenvalue weighted by molar-refractivity contribution is -0.149. The van der Waals surface area contributed by atoms with Crippen LogP contribution in [-0.2, 0) is 9.59 Å². The number of aliphatic carboxylic acids is 1. The van der Waals surface area contributed by atoms with Crippen molar-refractivity contribution < 1.29 is 19.5 Å². The molecule has 2 saturated heterocycles. The van der Waals surface area contributed by atoms with Crippen LogP contribution in [-0.4, -0.2) is 68.3 Å². The molecule has 26 heavy (non-hydrogen) atoms. The highest BCUT2D eigenvalue weighted by atomic mass is 16.4. The van der Waals surface area contributed by atoms with E-state index >= 15 is 0 Å². The Kier molecular flexibility index (Phi) is 3.54. The standard InChI is InChI=1S/C18H20N4O4/c1-11-15(22-6-4-3-5-14(22)19-11)16(24)21-8-13-7-20(12(2)23)9-18(13,10-21)17(25)26/h3-6,13H,7-10H2,1-2H3,(H,25,26)/t13-,18-/m0/s1. The van der Waals surface area contributed by atoms with E-state index in [9.17, 15) is 19.5 Å². The van der Waals surface area contributed by atoms with Gasteiger partial charge in [0.25, 0.3) is 5.91 Å². The van der Waals surface area contributed by atoms with Crippen molar-refractivity contribution in [1.82, 2.24) is 19.2 Å². The Hall–Kier alpha value is -2.90. The van der Waals surface area contributed by atoms with Crippen molar-refractivity contribution in [2.45, 2.75) is 13.8 Å². The number of carbonyl (C=O) groups excluding carboxylic acids is 2. The molecule has 4 rings (SSSR count). The van der Waals surface area contributed by atoms with Crippen molar-refractivity contribution in [2.24, 2.45) is 11.3 Å². The molecule has 0 bridgehead atoms. The molecule has 0 unspecified atom stereocenters. The molecule has 8 nitrogen and oxygen atoms in total. The third-order valence-corrected chi connectivity index (χ3v) is 5.67. The number of carboxylic acid groups (broad SMARTS) is 1. The summed E-state index contributed by atoms with van der Waals surface area (Å²) in [6, 6.07) is 5.51. The number of likely N-dealkylation sites (tertiary alicyclic amines) is 2. The molecular formula is C18H20N4O4. The maximum atomic E-state index is 13.1. The fourth-order valence-electron chi connectivity index (χ4n) is 4.28. The zero-order valence-corrected chi connectivity index (χ0v) is 14.7.